The molecule has 1 fully saturated rings. The van der Waals surface area contributed by atoms with Gasteiger partial charge in [-0.05, 0) is 55.7 Å². The molecule has 1 aliphatic rings. The third kappa shape index (κ3) is 5.77. The lowest BCUT2D eigenvalue weighted by Gasteiger charge is -2.09. The summed E-state index contributed by atoms with van der Waals surface area (Å²) in [5.74, 6) is -0.659. The molecule has 166 valence electrons. The normalized spacial score (nSPS) is 20.2. The first kappa shape index (κ1) is 22.6. The van der Waals surface area contributed by atoms with Crippen LogP contribution in [0.5, 0.6) is 11.5 Å². The molecule has 3 rings (SSSR count). The maximum atomic E-state index is 12.8. The molecule has 0 radical (unpaired) electrons. The summed E-state index contributed by atoms with van der Waals surface area (Å²) in [4.78, 5) is 8.44. The largest absolute Gasteiger partial charge is 0.507 e. The molecule has 2 atom stereocenters. The number of phenols is 2. The molecule has 1 aliphatic carbocycles. The van der Waals surface area contributed by atoms with E-state index >= 15 is 0 Å². The Balaban J connectivity index is 1.67. The van der Waals surface area contributed by atoms with E-state index in [1.54, 1.807) is 0 Å². The number of rotatable bonds is 4. The zero-order valence-electron chi connectivity index (χ0n) is 16.0. The molecule has 0 amide bonds. The van der Waals surface area contributed by atoms with Crippen LogP contribution in [0.4, 0.5) is 26.3 Å². The van der Waals surface area contributed by atoms with Crippen LogP contribution in [0, 0.1) is 0 Å². The van der Waals surface area contributed by atoms with Crippen LogP contribution in [0.15, 0.2) is 46.4 Å². The second kappa shape index (κ2) is 8.60. The number of hydrogen-bond acceptors (Lipinski definition) is 4. The average Bonchev–Trinajstić information content (AvgIpc) is 3.12. The lowest BCUT2D eigenvalue weighted by molar-refractivity contribution is -0.138. The molecular formula is C21H18F6N2O2. The van der Waals surface area contributed by atoms with E-state index < -0.39 is 23.5 Å². The molecule has 0 saturated heterocycles. The Morgan fingerprint density at radius 1 is 0.710 bits per heavy atom. The Morgan fingerprint density at radius 3 is 1.45 bits per heavy atom. The van der Waals surface area contributed by atoms with Gasteiger partial charge in [0.05, 0.1) is 23.2 Å². The topological polar surface area (TPSA) is 65.2 Å². The second-order valence-electron chi connectivity index (χ2n) is 7.22. The van der Waals surface area contributed by atoms with E-state index in [1.165, 1.54) is 12.4 Å². The van der Waals surface area contributed by atoms with Crippen molar-refractivity contribution in [2.75, 3.05) is 0 Å². The number of halogens is 6. The Kier molecular flexibility index (Phi) is 6.28. The van der Waals surface area contributed by atoms with Gasteiger partial charge >= 0.3 is 12.4 Å². The first-order chi connectivity index (χ1) is 14.4. The molecule has 1 saturated carbocycles. The molecule has 10 heteroatoms. The molecule has 2 unspecified atom stereocenters. The van der Waals surface area contributed by atoms with Gasteiger partial charge in [0.15, 0.2) is 0 Å². The zero-order valence-corrected chi connectivity index (χ0v) is 16.0. The minimum Gasteiger partial charge on any atom is -0.507 e. The Bertz CT molecular complexity index is 919. The maximum absolute atomic E-state index is 12.8. The van der Waals surface area contributed by atoms with E-state index in [-0.39, 0.29) is 34.7 Å². The van der Waals surface area contributed by atoms with E-state index in [9.17, 15) is 36.6 Å². The minimum atomic E-state index is -4.54. The first-order valence-corrected chi connectivity index (χ1v) is 9.30. The monoisotopic (exact) mass is 444 g/mol. The summed E-state index contributed by atoms with van der Waals surface area (Å²) in [7, 11) is 0. The molecule has 2 aromatic rings. The standard InChI is InChI=1S/C21H18F6N2O2/c22-20(23,24)14-1-5-18(30)12(7-14)10-28-16-3-4-17(9-16)29-11-13-8-15(21(25,26)27)2-6-19(13)31/h1-2,5-8,10-11,16-17,30-31H,3-4,9H2. The van der Waals surface area contributed by atoms with E-state index in [0.717, 1.165) is 36.4 Å². The fraction of sp³-hybridized carbons (Fsp3) is 0.333. The van der Waals surface area contributed by atoms with Crippen molar-refractivity contribution < 1.29 is 36.6 Å². The van der Waals surface area contributed by atoms with E-state index in [2.05, 4.69) is 9.98 Å². The summed E-state index contributed by atoms with van der Waals surface area (Å²) in [6, 6.07) is 4.55. The number of hydrogen-bond donors (Lipinski definition) is 2. The summed E-state index contributed by atoms with van der Waals surface area (Å²) in [5.41, 5.74) is -1.92. The highest BCUT2D eigenvalue weighted by Gasteiger charge is 2.32. The Hall–Kier alpha value is -3.04. The van der Waals surface area contributed by atoms with Crippen molar-refractivity contribution in [3.8, 4) is 11.5 Å². The van der Waals surface area contributed by atoms with Gasteiger partial charge in [-0.1, -0.05) is 0 Å². The Morgan fingerprint density at radius 2 is 1.10 bits per heavy atom. The van der Waals surface area contributed by atoms with Crippen LogP contribution in [-0.4, -0.2) is 34.7 Å². The summed E-state index contributed by atoms with van der Waals surface area (Å²) in [6.07, 6.45) is -5.14. The van der Waals surface area contributed by atoms with E-state index in [4.69, 9.17) is 0 Å². The van der Waals surface area contributed by atoms with Crippen LogP contribution < -0.4 is 0 Å². The molecule has 2 N–H and O–H groups in total. The highest BCUT2D eigenvalue weighted by molar-refractivity contribution is 5.84. The number of nitrogens with zero attached hydrogens (tertiary/aromatic N) is 2. The van der Waals surface area contributed by atoms with Gasteiger partial charge < -0.3 is 10.2 Å². The lowest BCUT2D eigenvalue weighted by Crippen LogP contribution is -2.06. The third-order valence-corrected chi connectivity index (χ3v) is 4.94. The quantitative estimate of drug-likeness (QED) is 0.477. The molecule has 0 spiro atoms. The summed E-state index contributed by atoms with van der Waals surface area (Å²) >= 11 is 0. The molecule has 4 nitrogen and oxygen atoms in total. The van der Waals surface area contributed by atoms with Crippen molar-refractivity contribution in [2.45, 2.75) is 43.7 Å². The van der Waals surface area contributed by atoms with Gasteiger partial charge in [-0.25, -0.2) is 0 Å². The SMILES string of the molecule is Oc1ccc(C(F)(F)F)cc1C=NC1CCC(N=Cc2cc(C(F)(F)F)ccc2O)C1. The number of aliphatic imine (C=N–C) groups is 2. The molecule has 0 bridgehead atoms. The predicted molar refractivity (Wildman–Crippen MR) is 103 cm³/mol. The van der Waals surface area contributed by atoms with Crippen LogP contribution >= 0.6 is 0 Å². The van der Waals surface area contributed by atoms with Crippen molar-refractivity contribution >= 4 is 12.4 Å². The van der Waals surface area contributed by atoms with Crippen LogP contribution in [0.1, 0.15) is 41.5 Å². The van der Waals surface area contributed by atoms with Crippen LogP contribution in [0.2, 0.25) is 0 Å². The summed E-state index contributed by atoms with van der Waals surface area (Å²) < 4.78 is 76.9. The first-order valence-electron chi connectivity index (χ1n) is 9.30. The average molecular weight is 444 g/mol. The number of phenolic OH excluding ortho intramolecular Hbond substituents is 2. The smallest absolute Gasteiger partial charge is 0.416 e. The third-order valence-electron chi connectivity index (χ3n) is 4.94. The molecule has 0 aliphatic heterocycles. The van der Waals surface area contributed by atoms with Crippen LogP contribution in [-0.2, 0) is 12.4 Å². The van der Waals surface area contributed by atoms with Gasteiger partial charge in [-0.15, -0.1) is 0 Å². The number of alkyl halides is 6. The molecule has 31 heavy (non-hydrogen) atoms. The molecule has 0 heterocycles. The van der Waals surface area contributed by atoms with Crippen molar-refractivity contribution in [1.82, 2.24) is 0 Å². The van der Waals surface area contributed by atoms with Crippen molar-refractivity contribution in [1.29, 1.82) is 0 Å². The van der Waals surface area contributed by atoms with Crippen LogP contribution in [0.25, 0.3) is 0 Å². The molecule has 0 aromatic heterocycles. The second-order valence-corrected chi connectivity index (χ2v) is 7.22. The lowest BCUT2D eigenvalue weighted by atomic mass is 10.1. The fourth-order valence-electron chi connectivity index (χ4n) is 3.25. The fourth-order valence-corrected chi connectivity index (χ4v) is 3.25. The highest BCUT2D eigenvalue weighted by Crippen LogP contribution is 2.33. The minimum absolute atomic E-state index is 0.0596. The van der Waals surface area contributed by atoms with E-state index in [0.29, 0.717) is 19.3 Å². The van der Waals surface area contributed by atoms with Gasteiger partial charge in [0.1, 0.15) is 11.5 Å². The van der Waals surface area contributed by atoms with Gasteiger partial charge in [-0.2, -0.15) is 26.3 Å². The van der Waals surface area contributed by atoms with Gasteiger partial charge in [0.2, 0.25) is 0 Å². The predicted octanol–water partition coefficient (Wildman–Crippen LogP) is 5.59. The Labute approximate surface area is 173 Å². The van der Waals surface area contributed by atoms with Gasteiger partial charge in [0, 0.05) is 23.6 Å². The number of aromatic hydroxyl groups is 2. The van der Waals surface area contributed by atoms with Crippen molar-refractivity contribution in [3.63, 3.8) is 0 Å². The highest BCUT2D eigenvalue weighted by atomic mass is 19.4. The van der Waals surface area contributed by atoms with Gasteiger partial charge in [-0.3, -0.25) is 9.98 Å². The molecule has 2 aromatic carbocycles. The maximum Gasteiger partial charge on any atom is 0.416 e. The number of benzene rings is 2. The van der Waals surface area contributed by atoms with E-state index in [1.807, 2.05) is 0 Å². The zero-order chi connectivity index (χ0) is 22.8. The van der Waals surface area contributed by atoms with Crippen LogP contribution in [0.3, 0.4) is 0 Å². The molecular weight excluding hydrogens is 426 g/mol. The summed E-state index contributed by atoms with van der Waals surface area (Å²) in [6.45, 7) is 0. The summed E-state index contributed by atoms with van der Waals surface area (Å²) in [5, 5.41) is 19.5. The van der Waals surface area contributed by atoms with Crippen molar-refractivity contribution in [3.05, 3.63) is 58.7 Å². The van der Waals surface area contributed by atoms with Gasteiger partial charge in [0.25, 0.3) is 0 Å². The van der Waals surface area contributed by atoms with Crippen molar-refractivity contribution in [2.24, 2.45) is 9.98 Å².